The van der Waals surface area contributed by atoms with Crippen molar-refractivity contribution < 1.29 is 9.47 Å². The predicted octanol–water partition coefficient (Wildman–Crippen LogP) is 2.58. The molecule has 0 bridgehead atoms. The van der Waals surface area contributed by atoms with Gasteiger partial charge in [-0.05, 0) is 31.1 Å². The van der Waals surface area contributed by atoms with Crippen LogP contribution >= 0.6 is 0 Å². The maximum absolute atomic E-state index is 6.36. The fraction of sp³-hybridized carbons (Fsp3) is 1.00. The average molecular weight is 243 g/mol. The summed E-state index contributed by atoms with van der Waals surface area (Å²) in [6, 6.07) is 0.137. The molecule has 102 valence electrons. The summed E-state index contributed by atoms with van der Waals surface area (Å²) in [6.07, 6.45) is 7.85. The summed E-state index contributed by atoms with van der Waals surface area (Å²) in [6.45, 7) is 2.99. The molecule has 3 atom stereocenters. The standard InChI is InChI=1S/C14H29NO2/c1-11(9-10-16-2)13(15)14(17-3)12-7-5-4-6-8-12/h11-14H,4-10,15H2,1-3H3. The summed E-state index contributed by atoms with van der Waals surface area (Å²) in [5, 5.41) is 0. The minimum atomic E-state index is 0.137. The fourth-order valence-corrected chi connectivity index (χ4v) is 2.95. The molecule has 1 saturated carbocycles. The van der Waals surface area contributed by atoms with Gasteiger partial charge in [-0.2, -0.15) is 0 Å². The molecule has 0 amide bonds. The molecule has 2 N–H and O–H groups in total. The van der Waals surface area contributed by atoms with Gasteiger partial charge in [-0.3, -0.25) is 0 Å². The second-order valence-electron chi connectivity index (χ2n) is 5.43. The monoisotopic (exact) mass is 243 g/mol. The Morgan fingerprint density at radius 3 is 2.35 bits per heavy atom. The quantitative estimate of drug-likeness (QED) is 0.747. The Morgan fingerprint density at radius 2 is 1.82 bits per heavy atom. The van der Waals surface area contributed by atoms with E-state index in [1.807, 2.05) is 7.11 Å². The Hall–Kier alpha value is -0.120. The van der Waals surface area contributed by atoms with E-state index in [0.717, 1.165) is 13.0 Å². The molecule has 0 aliphatic heterocycles. The van der Waals surface area contributed by atoms with Crippen molar-refractivity contribution in [2.24, 2.45) is 17.6 Å². The minimum Gasteiger partial charge on any atom is -0.385 e. The molecule has 1 rings (SSSR count). The van der Waals surface area contributed by atoms with Gasteiger partial charge in [0.25, 0.3) is 0 Å². The van der Waals surface area contributed by atoms with Crippen molar-refractivity contribution in [2.45, 2.75) is 57.6 Å². The van der Waals surface area contributed by atoms with Crippen molar-refractivity contribution in [1.82, 2.24) is 0 Å². The Morgan fingerprint density at radius 1 is 1.18 bits per heavy atom. The molecule has 0 aromatic heterocycles. The first-order chi connectivity index (χ1) is 8.20. The topological polar surface area (TPSA) is 44.5 Å². The van der Waals surface area contributed by atoms with Crippen molar-refractivity contribution >= 4 is 0 Å². The summed E-state index contributed by atoms with van der Waals surface area (Å²) >= 11 is 0. The van der Waals surface area contributed by atoms with E-state index in [4.69, 9.17) is 15.2 Å². The molecule has 1 fully saturated rings. The molecule has 3 heteroatoms. The lowest BCUT2D eigenvalue weighted by Gasteiger charge is -2.35. The largest absolute Gasteiger partial charge is 0.385 e. The Bertz CT molecular complexity index is 193. The number of methoxy groups -OCH3 is 2. The van der Waals surface area contributed by atoms with Gasteiger partial charge in [-0.15, -0.1) is 0 Å². The highest BCUT2D eigenvalue weighted by molar-refractivity contribution is 4.85. The SMILES string of the molecule is COCCC(C)C(N)C(OC)C1CCCCC1. The summed E-state index contributed by atoms with van der Waals surface area (Å²) in [4.78, 5) is 0. The van der Waals surface area contributed by atoms with Crippen LogP contribution in [0.2, 0.25) is 0 Å². The van der Waals surface area contributed by atoms with Crippen LogP contribution in [-0.4, -0.2) is 33.0 Å². The van der Waals surface area contributed by atoms with Crippen LogP contribution in [0.15, 0.2) is 0 Å². The van der Waals surface area contributed by atoms with Crippen LogP contribution in [0.1, 0.15) is 45.4 Å². The highest BCUT2D eigenvalue weighted by Gasteiger charge is 2.31. The van der Waals surface area contributed by atoms with Gasteiger partial charge in [-0.25, -0.2) is 0 Å². The van der Waals surface area contributed by atoms with Crippen molar-refractivity contribution in [1.29, 1.82) is 0 Å². The van der Waals surface area contributed by atoms with E-state index in [0.29, 0.717) is 11.8 Å². The molecule has 1 aliphatic carbocycles. The first-order valence-corrected chi connectivity index (χ1v) is 6.98. The highest BCUT2D eigenvalue weighted by atomic mass is 16.5. The lowest BCUT2D eigenvalue weighted by molar-refractivity contribution is 0.00182. The molecule has 3 nitrogen and oxygen atoms in total. The Labute approximate surface area is 106 Å². The second-order valence-corrected chi connectivity index (χ2v) is 5.43. The van der Waals surface area contributed by atoms with Gasteiger partial charge < -0.3 is 15.2 Å². The number of nitrogens with two attached hydrogens (primary N) is 1. The summed E-state index contributed by atoms with van der Waals surface area (Å²) in [7, 11) is 3.55. The van der Waals surface area contributed by atoms with E-state index < -0.39 is 0 Å². The zero-order valence-electron chi connectivity index (χ0n) is 11.7. The van der Waals surface area contributed by atoms with Gasteiger partial charge in [0.2, 0.25) is 0 Å². The molecular weight excluding hydrogens is 214 g/mol. The minimum absolute atomic E-state index is 0.137. The smallest absolute Gasteiger partial charge is 0.0752 e. The molecule has 3 unspecified atom stereocenters. The van der Waals surface area contributed by atoms with Crippen LogP contribution < -0.4 is 5.73 Å². The van der Waals surface area contributed by atoms with Crippen molar-refractivity contribution in [2.75, 3.05) is 20.8 Å². The molecule has 0 aromatic carbocycles. The second kappa shape index (κ2) is 8.06. The van der Waals surface area contributed by atoms with E-state index in [1.54, 1.807) is 7.11 Å². The molecule has 0 aromatic rings. The predicted molar refractivity (Wildman–Crippen MR) is 71.0 cm³/mol. The zero-order valence-corrected chi connectivity index (χ0v) is 11.7. The van der Waals surface area contributed by atoms with Crippen LogP contribution in [0.4, 0.5) is 0 Å². The van der Waals surface area contributed by atoms with Crippen molar-refractivity contribution in [3.05, 3.63) is 0 Å². The van der Waals surface area contributed by atoms with E-state index >= 15 is 0 Å². The first kappa shape index (κ1) is 14.9. The van der Waals surface area contributed by atoms with Crippen LogP contribution in [0.3, 0.4) is 0 Å². The summed E-state index contributed by atoms with van der Waals surface area (Å²) < 4.78 is 10.8. The summed E-state index contributed by atoms with van der Waals surface area (Å²) in [5.41, 5.74) is 6.36. The lowest BCUT2D eigenvalue weighted by Crippen LogP contribution is -2.46. The normalized spacial score (nSPS) is 23.3. The van der Waals surface area contributed by atoms with Gasteiger partial charge in [0.05, 0.1) is 6.10 Å². The molecule has 0 heterocycles. The average Bonchev–Trinajstić information content (AvgIpc) is 2.38. The van der Waals surface area contributed by atoms with Crippen LogP contribution in [0.25, 0.3) is 0 Å². The van der Waals surface area contributed by atoms with Gasteiger partial charge in [0.15, 0.2) is 0 Å². The maximum Gasteiger partial charge on any atom is 0.0752 e. The van der Waals surface area contributed by atoms with E-state index in [-0.39, 0.29) is 12.1 Å². The van der Waals surface area contributed by atoms with Crippen molar-refractivity contribution in [3.63, 3.8) is 0 Å². The van der Waals surface area contributed by atoms with Crippen LogP contribution in [0, 0.1) is 11.8 Å². The van der Waals surface area contributed by atoms with Crippen LogP contribution in [0.5, 0.6) is 0 Å². The Balaban J connectivity index is 2.46. The highest BCUT2D eigenvalue weighted by Crippen LogP contribution is 2.30. The maximum atomic E-state index is 6.36. The van der Waals surface area contributed by atoms with E-state index in [2.05, 4.69) is 6.92 Å². The van der Waals surface area contributed by atoms with Gasteiger partial charge in [0.1, 0.15) is 0 Å². The lowest BCUT2D eigenvalue weighted by atomic mass is 9.79. The molecule has 17 heavy (non-hydrogen) atoms. The fourth-order valence-electron chi connectivity index (χ4n) is 2.95. The molecule has 1 aliphatic rings. The number of ether oxygens (including phenoxy) is 2. The number of hydrogen-bond acceptors (Lipinski definition) is 3. The molecular formula is C14H29NO2. The van der Waals surface area contributed by atoms with Gasteiger partial charge in [0, 0.05) is 26.9 Å². The van der Waals surface area contributed by atoms with E-state index in [9.17, 15) is 0 Å². The van der Waals surface area contributed by atoms with Gasteiger partial charge >= 0.3 is 0 Å². The molecule has 0 saturated heterocycles. The zero-order chi connectivity index (χ0) is 12.7. The number of rotatable bonds is 7. The van der Waals surface area contributed by atoms with E-state index in [1.165, 1.54) is 32.1 Å². The van der Waals surface area contributed by atoms with Crippen molar-refractivity contribution in [3.8, 4) is 0 Å². The summed E-state index contributed by atoms with van der Waals surface area (Å²) in [5.74, 6) is 1.12. The number of hydrogen-bond donors (Lipinski definition) is 1. The molecule has 0 radical (unpaired) electrons. The molecule has 0 spiro atoms. The third-order valence-corrected chi connectivity index (χ3v) is 4.20. The van der Waals surface area contributed by atoms with Gasteiger partial charge in [-0.1, -0.05) is 26.2 Å². The third kappa shape index (κ3) is 4.57. The first-order valence-electron chi connectivity index (χ1n) is 6.98. The third-order valence-electron chi connectivity index (χ3n) is 4.20. The Kier molecular flexibility index (Phi) is 7.09. The van der Waals surface area contributed by atoms with Crippen LogP contribution in [-0.2, 0) is 9.47 Å².